The molecule has 0 radical (unpaired) electrons. The van der Waals surface area contributed by atoms with Crippen molar-refractivity contribution in [3.05, 3.63) is 42.4 Å². The summed E-state index contributed by atoms with van der Waals surface area (Å²) in [6.45, 7) is 3.28. The van der Waals surface area contributed by atoms with Crippen LogP contribution in [0, 0.1) is 6.92 Å². The van der Waals surface area contributed by atoms with Crippen LogP contribution in [-0.2, 0) is 4.79 Å². The Bertz CT molecular complexity index is 905. The molecule has 0 N–H and O–H groups in total. The molecular formula is C19H20N4O2S2. The SMILES string of the molecule is Cc1nccc(OC2CCN(C(=O)CSc3nc4ccccc4s3)CC2)n1. The number of rotatable bonds is 5. The number of likely N-dealkylation sites (tertiary alicyclic amines) is 1. The first-order chi connectivity index (χ1) is 13.2. The Morgan fingerprint density at radius 1 is 1.26 bits per heavy atom. The fraction of sp³-hybridized carbons (Fsp3) is 0.368. The van der Waals surface area contributed by atoms with Crippen molar-refractivity contribution in [2.45, 2.75) is 30.2 Å². The molecule has 0 atom stereocenters. The van der Waals surface area contributed by atoms with Gasteiger partial charge in [-0.3, -0.25) is 4.79 Å². The number of ether oxygens (including phenoxy) is 1. The van der Waals surface area contributed by atoms with Crippen LogP contribution in [0.25, 0.3) is 10.2 Å². The van der Waals surface area contributed by atoms with E-state index in [-0.39, 0.29) is 12.0 Å². The van der Waals surface area contributed by atoms with Crippen molar-refractivity contribution in [2.24, 2.45) is 0 Å². The average Bonchev–Trinajstić information content (AvgIpc) is 3.10. The molecular weight excluding hydrogens is 380 g/mol. The summed E-state index contributed by atoms with van der Waals surface area (Å²) in [4.78, 5) is 27.4. The lowest BCUT2D eigenvalue weighted by Crippen LogP contribution is -2.42. The molecule has 2 aromatic heterocycles. The van der Waals surface area contributed by atoms with Crippen LogP contribution in [0.4, 0.5) is 0 Å². The fourth-order valence-electron chi connectivity index (χ4n) is 3.02. The number of carbonyl (C=O) groups is 1. The predicted molar refractivity (Wildman–Crippen MR) is 107 cm³/mol. The maximum absolute atomic E-state index is 12.5. The number of aryl methyl sites for hydroxylation is 1. The highest BCUT2D eigenvalue weighted by atomic mass is 32.2. The molecule has 1 aliphatic heterocycles. The summed E-state index contributed by atoms with van der Waals surface area (Å²) in [7, 11) is 0. The second-order valence-electron chi connectivity index (χ2n) is 6.38. The van der Waals surface area contributed by atoms with Gasteiger partial charge in [0, 0.05) is 38.2 Å². The standard InChI is InChI=1S/C19H20N4O2S2/c1-13-20-9-6-17(21-13)25-14-7-10-23(11-8-14)18(24)12-26-19-22-15-4-2-3-5-16(15)27-19/h2-6,9,14H,7-8,10-12H2,1H3. The Balaban J connectivity index is 1.25. The van der Waals surface area contributed by atoms with Gasteiger partial charge in [-0.2, -0.15) is 4.98 Å². The molecule has 1 aromatic carbocycles. The highest BCUT2D eigenvalue weighted by Crippen LogP contribution is 2.29. The number of thiazole rings is 1. The topological polar surface area (TPSA) is 68.2 Å². The van der Waals surface area contributed by atoms with Crippen LogP contribution in [0.15, 0.2) is 40.9 Å². The molecule has 1 saturated heterocycles. The normalized spacial score (nSPS) is 15.2. The van der Waals surface area contributed by atoms with Gasteiger partial charge in [0.1, 0.15) is 11.9 Å². The number of carbonyl (C=O) groups excluding carboxylic acids is 1. The highest BCUT2D eigenvalue weighted by Gasteiger charge is 2.24. The van der Waals surface area contributed by atoms with Crippen LogP contribution in [0.5, 0.6) is 5.88 Å². The minimum absolute atomic E-state index is 0.0975. The van der Waals surface area contributed by atoms with Crippen molar-refractivity contribution < 1.29 is 9.53 Å². The Kier molecular flexibility index (Phi) is 5.54. The minimum atomic E-state index is 0.0975. The van der Waals surface area contributed by atoms with Gasteiger partial charge < -0.3 is 9.64 Å². The van der Waals surface area contributed by atoms with Gasteiger partial charge in [0.2, 0.25) is 11.8 Å². The van der Waals surface area contributed by atoms with Crippen LogP contribution < -0.4 is 4.74 Å². The molecule has 0 saturated carbocycles. The van der Waals surface area contributed by atoms with Crippen LogP contribution in [0.2, 0.25) is 0 Å². The van der Waals surface area contributed by atoms with E-state index >= 15 is 0 Å². The van der Waals surface area contributed by atoms with Gasteiger partial charge in [-0.15, -0.1) is 11.3 Å². The molecule has 6 nitrogen and oxygen atoms in total. The molecule has 0 spiro atoms. The molecule has 0 unspecified atom stereocenters. The summed E-state index contributed by atoms with van der Waals surface area (Å²) in [5, 5.41) is 0. The molecule has 140 valence electrons. The monoisotopic (exact) mass is 400 g/mol. The third-order valence-electron chi connectivity index (χ3n) is 4.43. The van der Waals surface area contributed by atoms with E-state index in [9.17, 15) is 4.79 Å². The number of nitrogens with zero attached hydrogens (tertiary/aromatic N) is 4. The van der Waals surface area contributed by atoms with E-state index in [4.69, 9.17) is 4.74 Å². The number of benzene rings is 1. The zero-order chi connectivity index (χ0) is 18.6. The summed E-state index contributed by atoms with van der Waals surface area (Å²) in [5.41, 5.74) is 0.996. The van der Waals surface area contributed by atoms with Gasteiger partial charge >= 0.3 is 0 Å². The molecule has 1 fully saturated rings. The minimum Gasteiger partial charge on any atom is -0.474 e. The Labute approximate surface area is 166 Å². The zero-order valence-corrected chi connectivity index (χ0v) is 16.6. The first-order valence-corrected chi connectivity index (χ1v) is 10.7. The number of fused-ring (bicyclic) bond motifs is 1. The number of para-hydroxylation sites is 1. The maximum Gasteiger partial charge on any atom is 0.233 e. The Hall–Kier alpha value is -2.19. The molecule has 0 bridgehead atoms. The summed E-state index contributed by atoms with van der Waals surface area (Å²) >= 11 is 3.16. The molecule has 8 heteroatoms. The summed E-state index contributed by atoms with van der Waals surface area (Å²) < 4.78 is 8.03. The maximum atomic E-state index is 12.5. The zero-order valence-electron chi connectivity index (χ0n) is 15.0. The van der Waals surface area contributed by atoms with Crippen molar-refractivity contribution in [3.63, 3.8) is 0 Å². The number of aromatic nitrogens is 3. The van der Waals surface area contributed by atoms with Crippen LogP contribution in [-0.4, -0.2) is 50.7 Å². The van der Waals surface area contributed by atoms with E-state index in [1.165, 1.54) is 11.8 Å². The number of piperidine rings is 1. The van der Waals surface area contributed by atoms with Crippen LogP contribution >= 0.6 is 23.1 Å². The second kappa shape index (κ2) is 8.22. The first kappa shape index (κ1) is 18.2. The van der Waals surface area contributed by atoms with E-state index in [0.29, 0.717) is 30.5 Å². The summed E-state index contributed by atoms with van der Waals surface area (Å²) in [6.07, 6.45) is 3.44. The lowest BCUT2D eigenvalue weighted by molar-refractivity contribution is -0.130. The van der Waals surface area contributed by atoms with E-state index in [1.54, 1.807) is 23.6 Å². The smallest absolute Gasteiger partial charge is 0.233 e. The van der Waals surface area contributed by atoms with Crippen LogP contribution in [0.3, 0.4) is 0 Å². The summed E-state index contributed by atoms with van der Waals surface area (Å²) in [6, 6.07) is 9.83. The third-order valence-corrected chi connectivity index (χ3v) is 6.59. The van der Waals surface area contributed by atoms with Gasteiger partial charge in [-0.05, 0) is 19.1 Å². The van der Waals surface area contributed by atoms with E-state index in [0.717, 1.165) is 27.4 Å². The van der Waals surface area contributed by atoms with Crippen molar-refractivity contribution in [2.75, 3.05) is 18.8 Å². The average molecular weight is 401 g/mol. The lowest BCUT2D eigenvalue weighted by atomic mass is 10.1. The van der Waals surface area contributed by atoms with Crippen molar-refractivity contribution in [3.8, 4) is 5.88 Å². The summed E-state index contributed by atoms with van der Waals surface area (Å²) in [5.74, 6) is 1.90. The van der Waals surface area contributed by atoms with Gasteiger partial charge in [-0.1, -0.05) is 23.9 Å². The quantitative estimate of drug-likeness (QED) is 0.610. The molecule has 3 aromatic rings. The van der Waals surface area contributed by atoms with Crippen molar-refractivity contribution >= 4 is 39.2 Å². The Morgan fingerprint density at radius 2 is 2.07 bits per heavy atom. The molecule has 1 amide bonds. The molecule has 0 aliphatic carbocycles. The second-order valence-corrected chi connectivity index (χ2v) is 8.63. The van der Waals surface area contributed by atoms with Gasteiger partial charge in [0.15, 0.2) is 4.34 Å². The number of amides is 1. The van der Waals surface area contributed by atoms with E-state index < -0.39 is 0 Å². The number of hydrogen-bond donors (Lipinski definition) is 0. The molecule has 3 heterocycles. The Morgan fingerprint density at radius 3 is 2.85 bits per heavy atom. The molecule has 1 aliphatic rings. The fourth-order valence-corrected chi connectivity index (χ4v) is 4.99. The molecule has 4 rings (SSSR count). The number of thioether (sulfide) groups is 1. The van der Waals surface area contributed by atoms with Crippen LogP contribution in [0.1, 0.15) is 18.7 Å². The van der Waals surface area contributed by atoms with Crippen molar-refractivity contribution in [1.82, 2.24) is 19.9 Å². The predicted octanol–water partition coefficient (Wildman–Crippen LogP) is 3.56. The highest BCUT2D eigenvalue weighted by molar-refractivity contribution is 8.01. The third kappa shape index (κ3) is 4.56. The lowest BCUT2D eigenvalue weighted by Gasteiger charge is -2.31. The van der Waals surface area contributed by atoms with Gasteiger partial charge in [0.25, 0.3) is 0 Å². The largest absolute Gasteiger partial charge is 0.474 e. The van der Waals surface area contributed by atoms with Crippen molar-refractivity contribution in [1.29, 1.82) is 0 Å². The number of hydrogen-bond acceptors (Lipinski definition) is 7. The van der Waals surface area contributed by atoms with Gasteiger partial charge in [0.05, 0.1) is 16.0 Å². The van der Waals surface area contributed by atoms with Gasteiger partial charge in [-0.25, -0.2) is 9.97 Å². The first-order valence-electron chi connectivity index (χ1n) is 8.90. The van der Waals surface area contributed by atoms with E-state index in [1.807, 2.05) is 30.0 Å². The van der Waals surface area contributed by atoms with E-state index in [2.05, 4.69) is 21.0 Å². The molecule has 27 heavy (non-hydrogen) atoms.